The monoisotopic (exact) mass is 581 g/mol. The summed E-state index contributed by atoms with van der Waals surface area (Å²) < 4.78 is 68.6. The normalized spacial score (nSPS) is 12.5. The fourth-order valence-corrected chi connectivity index (χ4v) is 5.51. The lowest BCUT2D eigenvalue weighted by Crippen LogP contribution is -2.50. The summed E-state index contributed by atoms with van der Waals surface area (Å²) in [6, 6.07) is 15.3. The van der Waals surface area contributed by atoms with Crippen LogP contribution in [0.25, 0.3) is 0 Å². The first-order valence-corrected chi connectivity index (χ1v) is 13.6. The van der Waals surface area contributed by atoms with Crippen molar-refractivity contribution in [2.45, 2.75) is 37.5 Å². The molecule has 0 heterocycles. The van der Waals surface area contributed by atoms with E-state index in [9.17, 15) is 31.2 Å². The Labute approximate surface area is 230 Å². The first-order valence-electron chi connectivity index (χ1n) is 11.8. The number of nitrogens with one attached hydrogen (secondary N) is 1. The van der Waals surface area contributed by atoms with E-state index >= 15 is 0 Å². The molecule has 0 bridgehead atoms. The van der Waals surface area contributed by atoms with E-state index in [1.165, 1.54) is 43.1 Å². The maximum atomic E-state index is 13.7. The molecule has 1 N–H and O–H groups in total. The molecule has 0 radical (unpaired) electrons. The maximum absolute atomic E-state index is 13.7. The van der Waals surface area contributed by atoms with E-state index < -0.39 is 51.9 Å². The van der Waals surface area contributed by atoms with Gasteiger partial charge in [-0.25, -0.2) is 8.42 Å². The van der Waals surface area contributed by atoms with Crippen LogP contribution in [0, 0.1) is 6.92 Å². The van der Waals surface area contributed by atoms with Gasteiger partial charge in [0.15, 0.2) is 0 Å². The molecule has 0 saturated carbocycles. The van der Waals surface area contributed by atoms with Gasteiger partial charge in [0.05, 0.1) is 21.2 Å². The van der Waals surface area contributed by atoms with E-state index in [1.54, 1.807) is 18.2 Å². The van der Waals surface area contributed by atoms with Gasteiger partial charge >= 0.3 is 6.18 Å². The third-order valence-corrected chi connectivity index (χ3v) is 8.13. The lowest BCUT2D eigenvalue weighted by Gasteiger charge is -2.32. The topological polar surface area (TPSA) is 86.8 Å². The van der Waals surface area contributed by atoms with Crippen LogP contribution in [0.1, 0.15) is 23.6 Å². The van der Waals surface area contributed by atoms with Crippen molar-refractivity contribution in [3.05, 3.63) is 94.5 Å². The average molecular weight is 582 g/mol. The fraction of sp³-hybridized carbons (Fsp3) is 0.259. The van der Waals surface area contributed by atoms with Gasteiger partial charge in [-0.05, 0) is 49.7 Å². The Hall–Kier alpha value is -3.57. The number of alkyl halides is 3. The second kappa shape index (κ2) is 12.1. The highest BCUT2D eigenvalue weighted by Gasteiger charge is 2.36. The number of anilines is 1. The molecule has 7 nitrogen and oxygen atoms in total. The van der Waals surface area contributed by atoms with Crippen molar-refractivity contribution in [1.29, 1.82) is 0 Å². The highest BCUT2D eigenvalue weighted by atomic mass is 35.5. The van der Waals surface area contributed by atoms with Gasteiger partial charge in [-0.1, -0.05) is 59.6 Å². The number of carbonyl (C=O) groups excluding carboxylic acids is 2. The predicted octanol–water partition coefficient (Wildman–Crippen LogP) is 5.03. The fourth-order valence-electron chi connectivity index (χ4n) is 3.79. The Morgan fingerprint density at radius 1 is 1.00 bits per heavy atom. The molecular weight excluding hydrogens is 555 g/mol. The molecule has 0 spiro atoms. The standard InChI is InChI=1S/C27H27ClF3N3O4S/c1-18-9-11-20(12-10-18)16-33(19(2)26(36)32-3)25(35)17-34(39(37,38)22-7-5-4-6-8-22)24-15-21(27(29,30)31)13-14-23(24)28/h4-15,19H,16-17H2,1-3H3,(H,32,36). The van der Waals surface area contributed by atoms with E-state index in [0.29, 0.717) is 15.9 Å². The minimum Gasteiger partial charge on any atom is -0.357 e. The number of halogens is 4. The molecule has 208 valence electrons. The summed E-state index contributed by atoms with van der Waals surface area (Å²) in [7, 11) is -3.17. The Kier molecular flexibility index (Phi) is 9.29. The molecule has 2 amide bonds. The van der Waals surface area contributed by atoms with Crippen LogP contribution in [0.15, 0.2) is 77.7 Å². The first-order chi connectivity index (χ1) is 18.3. The van der Waals surface area contributed by atoms with Crippen LogP contribution in [0.5, 0.6) is 0 Å². The van der Waals surface area contributed by atoms with E-state index in [2.05, 4.69) is 5.32 Å². The Morgan fingerprint density at radius 3 is 2.18 bits per heavy atom. The summed E-state index contributed by atoms with van der Waals surface area (Å²) in [4.78, 5) is 27.1. The smallest absolute Gasteiger partial charge is 0.357 e. The van der Waals surface area contributed by atoms with Crippen LogP contribution in [0.3, 0.4) is 0 Å². The SMILES string of the molecule is CNC(=O)C(C)N(Cc1ccc(C)cc1)C(=O)CN(c1cc(C(F)(F)F)ccc1Cl)S(=O)(=O)c1ccccc1. The van der Waals surface area contributed by atoms with Crippen LogP contribution in [-0.4, -0.2) is 44.8 Å². The number of likely N-dealkylation sites (N-methyl/N-ethyl adjacent to an activating group) is 1. The third-order valence-electron chi connectivity index (χ3n) is 6.04. The van der Waals surface area contributed by atoms with Crippen molar-refractivity contribution >= 4 is 39.1 Å². The number of sulfonamides is 1. The summed E-state index contributed by atoms with van der Waals surface area (Å²) in [5.41, 5.74) is -0.0287. The highest BCUT2D eigenvalue weighted by Crippen LogP contribution is 2.37. The molecule has 12 heteroatoms. The molecule has 3 rings (SSSR count). The number of amides is 2. The minimum atomic E-state index is -4.79. The van der Waals surface area contributed by atoms with Gasteiger partial charge in [-0.3, -0.25) is 13.9 Å². The largest absolute Gasteiger partial charge is 0.416 e. The lowest BCUT2D eigenvalue weighted by atomic mass is 10.1. The van der Waals surface area contributed by atoms with E-state index in [4.69, 9.17) is 11.6 Å². The van der Waals surface area contributed by atoms with Gasteiger partial charge < -0.3 is 10.2 Å². The Morgan fingerprint density at radius 2 is 1.62 bits per heavy atom. The molecule has 39 heavy (non-hydrogen) atoms. The molecule has 0 fully saturated rings. The van der Waals surface area contributed by atoms with E-state index in [0.717, 1.165) is 17.7 Å². The molecule has 1 unspecified atom stereocenters. The quantitative estimate of drug-likeness (QED) is 0.384. The number of aryl methyl sites for hydroxylation is 1. The molecule has 0 aliphatic carbocycles. The molecule has 0 aliphatic heterocycles. The van der Waals surface area contributed by atoms with Gasteiger partial charge in [-0.2, -0.15) is 13.2 Å². The van der Waals surface area contributed by atoms with Gasteiger partial charge in [0.2, 0.25) is 11.8 Å². The second-order valence-electron chi connectivity index (χ2n) is 8.79. The first kappa shape index (κ1) is 30.0. The molecule has 0 aliphatic rings. The zero-order chi connectivity index (χ0) is 29.0. The minimum absolute atomic E-state index is 0.0523. The van der Waals surface area contributed by atoms with Crippen LogP contribution < -0.4 is 9.62 Å². The van der Waals surface area contributed by atoms with Gasteiger partial charge in [0, 0.05) is 13.6 Å². The third kappa shape index (κ3) is 7.10. The Bertz CT molecular complexity index is 1430. The zero-order valence-electron chi connectivity index (χ0n) is 21.4. The summed E-state index contributed by atoms with van der Waals surface area (Å²) in [6.45, 7) is 2.39. The number of carbonyl (C=O) groups is 2. The summed E-state index contributed by atoms with van der Waals surface area (Å²) >= 11 is 6.22. The van der Waals surface area contributed by atoms with Gasteiger partial charge in [0.1, 0.15) is 12.6 Å². The highest BCUT2D eigenvalue weighted by molar-refractivity contribution is 7.92. The summed E-state index contributed by atoms with van der Waals surface area (Å²) in [6.07, 6.45) is -4.79. The van der Waals surface area contributed by atoms with Gasteiger partial charge in [-0.15, -0.1) is 0 Å². The predicted molar refractivity (Wildman–Crippen MR) is 143 cm³/mol. The molecular formula is C27H27ClF3N3O4S. The maximum Gasteiger partial charge on any atom is 0.416 e. The van der Waals surface area contributed by atoms with Crippen LogP contribution in [0.2, 0.25) is 5.02 Å². The van der Waals surface area contributed by atoms with E-state index in [-0.39, 0.29) is 16.5 Å². The average Bonchev–Trinajstić information content (AvgIpc) is 2.90. The number of benzene rings is 3. The van der Waals surface area contributed by atoms with Crippen molar-refractivity contribution in [1.82, 2.24) is 10.2 Å². The van der Waals surface area contributed by atoms with Crippen molar-refractivity contribution in [3.8, 4) is 0 Å². The number of hydrogen-bond donors (Lipinski definition) is 1. The van der Waals surface area contributed by atoms with Crippen molar-refractivity contribution in [2.75, 3.05) is 17.9 Å². The Balaban J connectivity index is 2.12. The molecule has 0 saturated heterocycles. The van der Waals surface area contributed by atoms with Crippen molar-refractivity contribution in [3.63, 3.8) is 0 Å². The van der Waals surface area contributed by atoms with Crippen LogP contribution in [-0.2, 0) is 32.3 Å². The molecule has 1 atom stereocenters. The zero-order valence-corrected chi connectivity index (χ0v) is 22.9. The van der Waals surface area contributed by atoms with Crippen LogP contribution in [0.4, 0.5) is 18.9 Å². The molecule has 3 aromatic carbocycles. The second-order valence-corrected chi connectivity index (χ2v) is 11.1. The number of hydrogen-bond acceptors (Lipinski definition) is 4. The van der Waals surface area contributed by atoms with Crippen molar-refractivity contribution < 1.29 is 31.2 Å². The molecule has 3 aromatic rings. The van der Waals surface area contributed by atoms with Crippen molar-refractivity contribution in [2.24, 2.45) is 0 Å². The lowest BCUT2D eigenvalue weighted by molar-refractivity contribution is -0.139. The molecule has 0 aromatic heterocycles. The van der Waals surface area contributed by atoms with E-state index in [1.807, 2.05) is 19.1 Å². The number of rotatable bonds is 9. The van der Waals surface area contributed by atoms with Gasteiger partial charge in [0.25, 0.3) is 10.0 Å². The summed E-state index contributed by atoms with van der Waals surface area (Å²) in [5, 5.41) is 2.15. The number of nitrogens with zero attached hydrogens (tertiary/aromatic N) is 2. The van der Waals surface area contributed by atoms with Crippen LogP contribution >= 0.6 is 11.6 Å². The summed E-state index contributed by atoms with van der Waals surface area (Å²) in [5.74, 6) is -1.33.